The van der Waals surface area contributed by atoms with Gasteiger partial charge in [0.1, 0.15) is 0 Å². The van der Waals surface area contributed by atoms with Crippen molar-refractivity contribution in [3.05, 3.63) is 65.7 Å². The minimum Gasteiger partial charge on any atom is -0.383 e. The third-order valence-electron chi connectivity index (χ3n) is 5.85. The summed E-state index contributed by atoms with van der Waals surface area (Å²) < 4.78 is 36.2. The Morgan fingerprint density at radius 2 is 1.95 bits per heavy atom. The Labute approximate surface area is 222 Å². The predicted octanol–water partition coefficient (Wildman–Crippen LogP) is 0.745. The quantitative estimate of drug-likeness (QED) is 0.191. The zero-order valence-electron chi connectivity index (χ0n) is 21.4. The first kappa shape index (κ1) is 28.9. The van der Waals surface area contributed by atoms with E-state index < -0.39 is 10.2 Å². The van der Waals surface area contributed by atoms with E-state index in [0.717, 1.165) is 11.1 Å². The lowest BCUT2D eigenvalue weighted by molar-refractivity contribution is -0.118. The van der Waals surface area contributed by atoms with Gasteiger partial charge in [-0.05, 0) is 23.3 Å². The van der Waals surface area contributed by atoms with Crippen LogP contribution >= 0.6 is 0 Å². The number of hydrogen-bond acceptors (Lipinski definition) is 7. The fourth-order valence-electron chi connectivity index (χ4n) is 3.94. The Kier molecular flexibility index (Phi) is 10.5. The number of hydrogen-bond donors (Lipinski definition) is 3. The van der Waals surface area contributed by atoms with Crippen molar-refractivity contribution in [2.75, 3.05) is 51.8 Å². The molecule has 204 valence electrons. The molecule has 0 saturated carbocycles. The number of methoxy groups -OCH3 is 1. The molecule has 4 N–H and O–H groups in total. The number of amides is 2. The SMILES string of the molecule is CCN(CCOC)S(=O)(=O)/N=C(\CN)N1CC(c2ccccc2)C(c2ccc(NC(=O)CNC=O)cc2)=N1. The van der Waals surface area contributed by atoms with Crippen LogP contribution in [0.2, 0.25) is 0 Å². The average Bonchev–Trinajstić information content (AvgIpc) is 3.37. The summed E-state index contributed by atoms with van der Waals surface area (Å²) in [5.74, 6) is -0.403. The van der Waals surface area contributed by atoms with Gasteiger partial charge in [0.2, 0.25) is 12.3 Å². The number of amidine groups is 1. The number of nitrogens with one attached hydrogen (secondary N) is 2. The molecule has 12 nitrogen and oxygen atoms in total. The van der Waals surface area contributed by atoms with E-state index in [2.05, 4.69) is 15.0 Å². The van der Waals surface area contributed by atoms with Gasteiger partial charge >= 0.3 is 10.2 Å². The largest absolute Gasteiger partial charge is 0.383 e. The van der Waals surface area contributed by atoms with Crippen LogP contribution in [0.1, 0.15) is 24.0 Å². The molecule has 0 aromatic heterocycles. The first-order chi connectivity index (χ1) is 18.3. The molecule has 0 radical (unpaired) electrons. The number of likely N-dealkylation sites (N-methyl/N-ethyl adjacent to an activating group) is 1. The van der Waals surface area contributed by atoms with Crippen LogP contribution in [-0.4, -0.2) is 88.0 Å². The van der Waals surface area contributed by atoms with Crippen LogP contribution in [-0.2, 0) is 24.5 Å². The van der Waals surface area contributed by atoms with Gasteiger partial charge in [-0.1, -0.05) is 49.4 Å². The van der Waals surface area contributed by atoms with Crippen molar-refractivity contribution in [1.29, 1.82) is 0 Å². The summed E-state index contributed by atoms with van der Waals surface area (Å²) in [6.45, 7) is 2.48. The Balaban J connectivity index is 1.92. The molecule has 1 aliphatic rings. The molecule has 13 heteroatoms. The van der Waals surface area contributed by atoms with Crippen molar-refractivity contribution in [1.82, 2.24) is 14.6 Å². The van der Waals surface area contributed by atoms with Crippen molar-refractivity contribution in [3.8, 4) is 0 Å². The maximum absolute atomic E-state index is 13.0. The van der Waals surface area contributed by atoms with E-state index >= 15 is 0 Å². The van der Waals surface area contributed by atoms with Gasteiger partial charge in [-0.25, -0.2) is 5.01 Å². The van der Waals surface area contributed by atoms with Gasteiger partial charge in [0.15, 0.2) is 5.84 Å². The number of nitrogens with zero attached hydrogens (tertiary/aromatic N) is 4. The minimum absolute atomic E-state index is 0.126. The second kappa shape index (κ2) is 13.8. The van der Waals surface area contributed by atoms with Crippen molar-refractivity contribution < 1.29 is 22.7 Å². The predicted molar refractivity (Wildman–Crippen MR) is 146 cm³/mol. The highest BCUT2D eigenvalue weighted by Crippen LogP contribution is 2.29. The molecule has 2 aromatic carbocycles. The smallest absolute Gasteiger partial charge is 0.324 e. The highest BCUT2D eigenvalue weighted by Gasteiger charge is 2.32. The van der Waals surface area contributed by atoms with E-state index in [-0.39, 0.29) is 50.4 Å². The third kappa shape index (κ3) is 7.44. The van der Waals surface area contributed by atoms with Gasteiger partial charge in [-0.2, -0.15) is 17.8 Å². The third-order valence-corrected chi connectivity index (χ3v) is 7.39. The lowest BCUT2D eigenvalue weighted by Crippen LogP contribution is -2.37. The highest BCUT2D eigenvalue weighted by molar-refractivity contribution is 7.87. The number of nitrogens with two attached hydrogens (primary N) is 1. The average molecular weight is 544 g/mol. The summed E-state index contributed by atoms with van der Waals surface area (Å²) >= 11 is 0. The van der Waals surface area contributed by atoms with Crippen molar-refractivity contribution in [2.45, 2.75) is 12.8 Å². The molecule has 38 heavy (non-hydrogen) atoms. The van der Waals surface area contributed by atoms with Crippen molar-refractivity contribution >= 4 is 39.8 Å². The summed E-state index contributed by atoms with van der Waals surface area (Å²) in [5.41, 5.74) is 9.02. The van der Waals surface area contributed by atoms with Crippen molar-refractivity contribution in [2.24, 2.45) is 15.2 Å². The Hall–Kier alpha value is -3.65. The maximum atomic E-state index is 13.0. The number of anilines is 1. The zero-order chi connectivity index (χ0) is 27.5. The Bertz CT molecular complexity index is 1250. The first-order valence-electron chi connectivity index (χ1n) is 12.1. The van der Waals surface area contributed by atoms with Crippen LogP contribution in [0.25, 0.3) is 0 Å². The van der Waals surface area contributed by atoms with Gasteiger partial charge in [0.05, 0.1) is 32.0 Å². The molecule has 0 bridgehead atoms. The number of hydrazone groups is 1. The summed E-state index contributed by atoms with van der Waals surface area (Å²) in [7, 11) is -2.49. The lowest BCUT2D eigenvalue weighted by Gasteiger charge is -2.20. The van der Waals surface area contributed by atoms with Crippen LogP contribution in [0.5, 0.6) is 0 Å². The van der Waals surface area contributed by atoms with Crippen LogP contribution in [0.3, 0.4) is 0 Å². The highest BCUT2D eigenvalue weighted by atomic mass is 32.2. The molecule has 1 heterocycles. The number of carbonyl (C=O) groups excluding carboxylic acids is 2. The topological polar surface area (TPSA) is 159 Å². The van der Waals surface area contributed by atoms with Crippen LogP contribution in [0, 0.1) is 0 Å². The second-order valence-electron chi connectivity index (χ2n) is 8.33. The molecule has 0 aliphatic carbocycles. The number of carbonyl (C=O) groups is 2. The molecule has 2 aromatic rings. The maximum Gasteiger partial charge on any atom is 0.324 e. The van der Waals surface area contributed by atoms with Crippen molar-refractivity contribution in [3.63, 3.8) is 0 Å². The molecule has 0 saturated heterocycles. The molecule has 1 aliphatic heterocycles. The standard InChI is InChI=1S/C25H33N7O5S/c1-3-31(13-14-37-2)38(35,36)30-23(15-26)32-17-22(19-7-5-4-6-8-19)25(29-32)20-9-11-21(12-10-20)28-24(34)16-27-18-33/h4-12,18,22H,3,13-17,26H2,1-2H3,(H,27,33)(H,28,34)/b30-23+. The lowest BCUT2D eigenvalue weighted by atomic mass is 9.90. The Morgan fingerprint density at radius 1 is 1.24 bits per heavy atom. The van der Waals surface area contributed by atoms with Gasteiger partial charge in [-0.3, -0.25) is 9.59 Å². The first-order valence-corrected chi connectivity index (χ1v) is 13.5. The van der Waals surface area contributed by atoms with Crippen LogP contribution in [0.15, 0.2) is 64.1 Å². The fraction of sp³-hybridized carbons (Fsp3) is 0.360. The summed E-state index contributed by atoms with van der Waals surface area (Å²) in [5, 5.41) is 11.3. The summed E-state index contributed by atoms with van der Waals surface area (Å²) in [6, 6.07) is 16.9. The van der Waals surface area contributed by atoms with Gasteiger partial charge in [-0.15, -0.1) is 4.40 Å². The van der Waals surface area contributed by atoms with E-state index in [0.29, 0.717) is 24.4 Å². The number of ether oxygens (including phenoxy) is 1. The van der Waals surface area contributed by atoms with Crippen LogP contribution < -0.4 is 16.4 Å². The van der Waals surface area contributed by atoms with Gasteiger partial charge in [0.25, 0.3) is 0 Å². The molecule has 0 fully saturated rings. The van der Waals surface area contributed by atoms with Gasteiger partial charge in [0, 0.05) is 31.8 Å². The fourth-order valence-corrected chi connectivity index (χ4v) is 5.13. The second-order valence-corrected chi connectivity index (χ2v) is 9.92. The van der Waals surface area contributed by atoms with Gasteiger partial charge < -0.3 is 21.1 Å². The molecular weight excluding hydrogens is 510 g/mol. The van der Waals surface area contributed by atoms with E-state index in [4.69, 9.17) is 15.6 Å². The van der Waals surface area contributed by atoms with Crippen LogP contribution in [0.4, 0.5) is 5.69 Å². The van der Waals surface area contributed by atoms with E-state index in [1.165, 1.54) is 16.4 Å². The monoisotopic (exact) mass is 543 g/mol. The summed E-state index contributed by atoms with van der Waals surface area (Å²) in [6.07, 6.45) is 0.458. The van der Waals surface area contributed by atoms with E-state index in [9.17, 15) is 18.0 Å². The zero-order valence-corrected chi connectivity index (χ0v) is 22.2. The molecule has 2 amide bonds. The molecular formula is C25H33N7O5S. The van der Waals surface area contributed by atoms with E-state index in [1.807, 2.05) is 42.5 Å². The van der Waals surface area contributed by atoms with E-state index in [1.54, 1.807) is 19.1 Å². The molecule has 3 rings (SSSR count). The minimum atomic E-state index is -4.00. The Morgan fingerprint density at radius 3 is 2.55 bits per heavy atom. The number of benzene rings is 2. The molecule has 0 spiro atoms. The number of rotatable bonds is 13. The summed E-state index contributed by atoms with van der Waals surface area (Å²) in [4.78, 5) is 22.3. The molecule has 1 atom stereocenters. The molecule has 1 unspecified atom stereocenters. The normalized spacial score (nSPS) is 15.9.